The van der Waals surface area contributed by atoms with Gasteiger partial charge in [-0.05, 0) is 150 Å². The van der Waals surface area contributed by atoms with Crippen LogP contribution < -0.4 is 26.2 Å². The van der Waals surface area contributed by atoms with Crippen LogP contribution in [0.2, 0.25) is 0 Å². The van der Waals surface area contributed by atoms with Gasteiger partial charge in [-0.3, -0.25) is 0 Å². The van der Waals surface area contributed by atoms with Crippen molar-refractivity contribution in [3.05, 3.63) is 302 Å². The molecule has 13 aromatic carbocycles. The molecule has 2 aromatic heterocycles. The molecule has 0 amide bonds. The number of aromatic nitrogens is 1. The quantitative estimate of drug-likeness (QED) is 0.142. The highest BCUT2D eigenvalue weighted by Gasteiger charge is 2.46. The summed E-state index contributed by atoms with van der Waals surface area (Å²) in [5, 5.41) is 3.65. The van der Waals surface area contributed by atoms with Gasteiger partial charge in [0.25, 0.3) is 6.71 Å². The molecule has 0 N–H and O–H groups in total. The first-order valence-electron chi connectivity index (χ1n) is 36.1. The summed E-state index contributed by atoms with van der Waals surface area (Å²) in [5.41, 5.74) is 19.6. The summed E-state index contributed by atoms with van der Waals surface area (Å²) in [6.45, 7) is 12.8. The van der Waals surface area contributed by atoms with E-state index < -0.39 is 43.0 Å². The molecular formula is C86H66BN3O. The number of furan rings is 1. The van der Waals surface area contributed by atoms with Gasteiger partial charge in [-0.2, -0.15) is 0 Å². The molecule has 0 bridgehead atoms. The predicted molar refractivity (Wildman–Crippen MR) is 387 cm³/mol. The van der Waals surface area contributed by atoms with Crippen LogP contribution in [0, 0.1) is 0 Å². The van der Waals surface area contributed by atoms with Crippen LogP contribution in [0.5, 0.6) is 0 Å². The summed E-state index contributed by atoms with van der Waals surface area (Å²) >= 11 is 0. The van der Waals surface area contributed by atoms with Crippen molar-refractivity contribution in [2.24, 2.45) is 0 Å². The standard InChI is InChI=1S/C86H66BN3O/c1-85(2,3)63-48-61(49-64(54-63)86(4,5)6)62-52-76-82-77(53-62)90(84-67(58-32-18-10-19-33-58)43-47-79-81(84)69-37-23-25-39-78(69)91-79)75-51-60(56-28-14-8-15-29-56)41-45-71(75)87(82)70-44-40-59(55-26-12-7-13-27-55)50-74(70)89(76)83-66(57-30-16-9-17-31-57)42-46-73-80(83)68-36-22-24-38-72(68)88(73)65-34-20-11-21-35-65/h7-54H,1-6H3/i7D,8D,12D,13D,14D,15D,26D,27D,28D,29D. The van der Waals surface area contributed by atoms with Crippen LogP contribution in [0.15, 0.2) is 295 Å². The van der Waals surface area contributed by atoms with Crippen LogP contribution in [-0.2, 0) is 10.8 Å². The highest BCUT2D eigenvalue weighted by molar-refractivity contribution is 7.00. The Bertz CT molecular complexity index is 5930. The lowest BCUT2D eigenvalue weighted by Crippen LogP contribution is -2.61. The smallest absolute Gasteiger partial charge is 0.252 e. The summed E-state index contributed by atoms with van der Waals surface area (Å²) < 4.78 is 101. The van der Waals surface area contributed by atoms with E-state index in [-0.39, 0.29) is 46.1 Å². The zero-order chi connectivity index (χ0) is 70.0. The molecule has 0 spiro atoms. The lowest BCUT2D eigenvalue weighted by molar-refractivity contribution is 0.569. The molecule has 0 saturated heterocycles. The third-order valence-corrected chi connectivity index (χ3v) is 18.6. The minimum Gasteiger partial charge on any atom is -0.456 e. The van der Waals surface area contributed by atoms with E-state index in [1.807, 2.05) is 84.9 Å². The molecule has 434 valence electrons. The summed E-state index contributed by atoms with van der Waals surface area (Å²) in [6, 6.07) is 75.7. The summed E-state index contributed by atoms with van der Waals surface area (Å²) in [4.78, 5) is 4.75. The zero-order valence-corrected chi connectivity index (χ0v) is 51.3. The summed E-state index contributed by atoms with van der Waals surface area (Å²) in [6.07, 6.45) is 0. The Morgan fingerprint density at radius 1 is 0.352 bits per heavy atom. The molecule has 15 aromatic rings. The first kappa shape index (κ1) is 44.5. The second-order valence-corrected chi connectivity index (χ2v) is 26.1. The maximum absolute atomic E-state index is 9.61. The first-order valence-corrected chi connectivity index (χ1v) is 31.1. The van der Waals surface area contributed by atoms with Crippen molar-refractivity contribution < 1.29 is 18.1 Å². The second-order valence-electron chi connectivity index (χ2n) is 26.1. The van der Waals surface area contributed by atoms with Crippen molar-refractivity contribution in [2.75, 3.05) is 9.80 Å². The van der Waals surface area contributed by atoms with Crippen molar-refractivity contribution >= 4 is 101 Å². The van der Waals surface area contributed by atoms with Crippen LogP contribution in [0.1, 0.15) is 66.4 Å². The minimum atomic E-state index is -0.633. The Kier molecular flexibility index (Phi) is 10.2. The highest BCUT2D eigenvalue weighted by atomic mass is 16.3. The molecule has 0 fully saturated rings. The van der Waals surface area contributed by atoms with E-state index in [1.165, 1.54) is 0 Å². The number of hydrogen-bond acceptors (Lipinski definition) is 3. The average Bonchev–Trinajstić information content (AvgIpc) is 1.69. The van der Waals surface area contributed by atoms with E-state index in [9.17, 15) is 5.48 Å². The van der Waals surface area contributed by atoms with Crippen molar-refractivity contribution in [3.8, 4) is 61.3 Å². The number of para-hydroxylation sites is 3. The molecule has 0 saturated carbocycles. The molecule has 17 rings (SSSR count). The number of rotatable bonds is 8. The Morgan fingerprint density at radius 3 is 1.38 bits per heavy atom. The first-order chi connectivity index (χ1) is 48.6. The number of fused-ring (bicyclic) bond motifs is 10. The van der Waals surface area contributed by atoms with Crippen LogP contribution in [0.3, 0.4) is 0 Å². The van der Waals surface area contributed by atoms with Crippen LogP contribution >= 0.6 is 0 Å². The predicted octanol–water partition coefficient (Wildman–Crippen LogP) is 21.7. The van der Waals surface area contributed by atoms with Gasteiger partial charge in [0.05, 0.1) is 41.5 Å². The maximum atomic E-state index is 9.61. The van der Waals surface area contributed by atoms with E-state index in [4.69, 9.17) is 12.6 Å². The van der Waals surface area contributed by atoms with Gasteiger partial charge in [-0.15, -0.1) is 0 Å². The largest absolute Gasteiger partial charge is 0.456 e. The Labute approximate surface area is 546 Å². The number of benzene rings is 13. The van der Waals surface area contributed by atoms with Crippen molar-refractivity contribution in [3.63, 3.8) is 0 Å². The van der Waals surface area contributed by atoms with E-state index in [0.29, 0.717) is 33.7 Å². The summed E-state index contributed by atoms with van der Waals surface area (Å²) in [5.74, 6) is 0. The molecule has 0 atom stereocenters. The van der Waals surface area contributed by atoms with Crippen molar-refractivity contribution in [2.45, 2.75) is 52.4 Å². The van der Waals surface area contributed by atoms with Gasteiger partial charge in [0.1, 0.15) is 11.2 Å². The number of nitrogens with zero attached hydrogens (tertiary/aromatic N) is 3. The van der Waals surface area contributed by atoms with E-state index in [1.54, 1.807) is 0 Å². The fraction of sp³-hybridized carbons (Fsp3) is 0.0930. The Balaban J connectivity index is 1.12. The highest BCUT2D eigenvalue weighted by Crippen LogP contribution is 2.55. The lowest BCUT2D eigenvalue weighted by atomic mass is 9.33. The monoisotopic (exact) mass is 1180 g/mol. The Morgan fingerprint density at radius 2 is 0.824 bits per heavy atom. The zero-order valence-electron chi connectivity index (χ0n) is 61.3. The molecule has 0 aliphatic carbocycles. The van der Waals surface area contributed by atoms with E-state index in [2.05, 4.69) is 202 Å². The second kappa shape index (κ2) is 20.9. The topological polar surface area (TPSA) is 24.6 Å². The Hall–Kier alpha value is -10.9. The van der Waals surface area contributed by atoms with Gasteiger partial charge in [0.2, 0.25) is 0 Å². The van der Waals surface area contributed by atoms with Gasteiger partial charge in [0.15, 0.2) is 0 Å². The maximum Gasteiger partial charge on any atom is 0.252 e. The molecular weight excluding hydrogens is 1100 g/mol. The fourth-order valence-electron chi connectivity index (χ4n) is 14.3. The van der Waals surface area contributed by atoms with E-state index in [0.717, 1.165) is 122 Å². The third kappa shape index (κ3) is 8.81. The molecule has 0 radical (unpaired) electrons. The van der Waals surface area contributed by atoms with Gasteiger partial charge < -0.3 is 18.8 Å². The minimum absolute atomic E-state index is 0.0534. The number of anilines is 6. The molecule has 4 heterocycles. The summed E-state index contributed by atoms with van der Waals surface area (Å²) in [7, 11) is 0. The van der Waals surface area contributed by atoms with E-state index >= 15 is 0 Å². The van der Waals surface area contributed by atoms with Crippen molar-refractivity contribution in [1.29, 1.82) is 0 Å². The molecule has 2 aliphatic heterocycles. The van der Waals surface area contributed by atoms with Crippen LogP contribution in [0.25, 0.3) is 105 Å². The van der Waals surface area contributed by atoms with Crippen LogP contribution in [-0.4, -0.2) is 11.3 Å². The average molecular weight is 1180 g/mol. The SMILES string of the molecule is [2H]c1c([2H])c([2H])c(-c2ccc3c(c2)N(c2c(-c4ccccc4)ccc4oc5ccccc5c24)c2cc(-c4cc(C(C)(C)C)cc(C(C)(C)C)c4)cc4c2B3c2ccc(-c3c([2H])c([2H])c([2H])c([2H])c3[2H])cc2N4c2c(-c3ccccc3)ccc3c2c2ccccc2n3-c2ccccc2)c([2H])c1[2H]. The van der Waals surface area contributed by atoms with Crippen LogP contribution in [0.4, 0.5) is 34.1 Å². The molecule has 2 aliphatic rings. The molecule has 0 unspecified atom stereocenters. The molecule has 5 heteroatoms. The van der Waals surface area contributed by atoms with Crippen molar-refractivity contribution in [1.82, 2.24) is 4.57 Å². The fourth-order valence-corrected chi connectivity index (χ4v) is 14.3. The number of hydrogen-bond donors (Lipinski definition) is 0. The van der Waals surface area contributed by atoms with Gasteiger partial charge in [-0.25, -0.2) is 0 Å². The molecule has 91 heavy (non-hydrogen) atoms. The van der Waals surface area contributed by atoms with Gasteiger partial charge in [0, 0.05) is 55.7 Å². The lowest BCUT2D eigenvalue weighted by Gasteiger charge is -2.45. The molecule has 4 nitrogen and oxygen atoms in total. The third-order valence-electron chi connectivity index (χ3n) is 18.6. The normalized spacial score (nSPS) is 14.4. The van der Waals surface area contributed by atoms with Gasteiger partial charge >= 0.3 is 0 Å². The van der Waals surface area contributed by atoms with Gasteiger partial charge in [-0.1, -0.05) is 266 Å².